The summed E-state index contributed by atoms with van der Waals surface area (Å²) in [6.07, 6.45) is 3.54. The largest absolute Gasteiger partial charge is 0.383 e. The van der Waals surface area contributed by atoms with E-state index in [9.17, 15) is 0 Å². The summed E-state index contributed by atoms with van der Waals surface area (Å²) in [5, 5.41) is 7.54. The summed E-state index contributed by atoms with van der Waals surface area (Å²) in [6.45, 7) is 0. The lowest BCUT2D eigenvalue weighted by Gasteiger charge is -1.95. The SMILES string of the molecule is N=C1N=C(N)/C(=C/c2ccccn2)S1. The Labute approximate surface area is 85.5 Å². The molecule has 0 radical (unpaired) electrons. The molecule has 0 aromatic carbocycles. The molecule has 0 unspecified atom stereocenters. The predicted molar refractivity (Wildman–Crippen MR) is 59.2 cm³/mol. The van der Waals surface area contributed by atoms with Crippen molar-refractivity contribution in [3.63, 3.8) is 0 Å². The molecule has 5 heteroatoms. The number of hydrogen-bond donors (Lipinski definition) is 2. The van der Waals surface area contributed by atoms with E-state index in [1.54, 1.807) is 6.20 Å². The fourth-order valence-electron chi connectivity index (χ4n) is 1.04. The topological polar surface area (TPSA) is 75.1 Å². The zero-order valence-corrected chi connectivity index (χ0v) is 8.08. The molecule has 0 bridgehead atoms. The lowest BCUT2D eigenvalue weighted by atomic mass is 10.3. The second kappa shape index (κ2) is 3.63. The van der Waals surface area contributed by atoms with Gasteiger partial charge in [-0.15, -0.1) is 0 Å². The number of nitrogens with one attached hydrogen (secondary N) is 1. The smallest absolute Gasteiger partial charge is 0.187 e. The van der Waals surface area contributed by atoms with Gasteiger partial charge >= 0.3 is 0 Å². The first-order valence-electron chi connectivity index (χ1n) is 3.99. The van der Waals surface area contributed by atoms with Crippen molar-refractivity contribution in [1.29, 1.82) is 5.41 Å². The Morgan fingerprint density at radius 1 is 1.43 bits per heavy atom. The van der Waals surface area contributed by atoms with Crippen LogP contribution in [0, 0.1) is 5.41 Å². The van der Waals surface area contributed by atoms with Gasteiger partial charge in [0.25, 0.3) is 0 Å². The van der Waals surface area contributed by atoms with Crippen LogP contribution in [0.1, 0.15) is 5.69 Å². The molecule has 0 saturated carbocycles. The van der Waals surface area contributed by atoms with Crippen molar-refractivity contribution >= 4 is 28.8 Å². The molecule has 3 N–H and O–H groups in total. The summed E-state index contributed by atoms with van der Waals surface area (Å²) in [5.41, 5.74) is 6.43. The second-order valence-corrected chi connectivity index (χ2v) is 3.70. The third kappa shape index (κ3) is 1.82. The van der Waals surface area contributed by atoms with Gasteiger partial charge in [0.1, 0.15) is 5.84 Å². The van der Waals surface area contributed by atoms with E-state index < -0.39 is 0 Å². The van der Waals surface area contributed by atoms with Crippen LogP contribution in [0.4, 0.5) is 0 Å². The number of pyridine rings is 1. The van der Waals surface area contributed by atoms with E-state index >= 15 is 0 Å². The Kier molecular flexibility index (Phi) is 2.32. The number of hydrogen-bond acceptors (Lipinski definition) is 4. The van der Waals surface area contributed by atoms with Crippen molar-refractivity contribution in [2.45, 2.75) is 0 Å². The Hall–Kier alpha value is -1.62. The van der Waals surface area contributed by atoms with Gasteiger partial charge in [-0.2, -0.15) is 0 Å². The molecule has 2 heterocycles. The van der Waals surface area contributed by atoms with Gasteiger partial charge in [-0.1, -0.05) is 6.07 Å². The monoisotopic (exact) mass is 204 g/mol. The van der Waals surface area contributed by atoms with Gasteiger partial charge in [0.05, 0.1) is 10.6 Å². The van der Waals surface area contributed by atoms with Gasteiger partial charge in [0.2, 0.25) is 0 Å². The molecule has 0 saturated heterocycles. The maximum Gasteiger partial charge on any atom is 0.187 e. The van der Waals surface area contributed by atoms with Crippen molar-refractivity contribution in [3.05, 3.63) is 35.0 Å². The standard InChI is InChI=1S/C9H8N4S/c10-8-7(14-9(11)13-8)5-6-3-1-2-4-12-6/h1-5H,(H3,10,11,13)/b7-5-. The molecule has 0 aliphatic carbocycles. The summed E-state index contributed by atoms with van der Waals surface area (Å²) in [7, 11) is 0. The summed E-state index contributed by atoms with van der Waals surface area (Å²) in [6, 6.07) is 5.63. The maximum absolute atomic E-state index is 7.31. The molecule has 4 nitrogen and oxygen atoms in total. The van der Waals surface area contributed by atoms with E-state index in [2.05, 4.69) is 9.98 Å². The molecule has 0 spiro atoms. The Morgan fingerprint density at radius 2 is 2.29 bits per heavy atom. The highest BCUT2D eigenvalue weighted by molar-refractivity contribution is 8.18. The Bertz CT molecular complexity index is 422. The van der Waals surface area contributed by atoms with Crippen molar-refractivity contribution in [1.82, 2.24) is 4.98 Å². The number of rotatable bonds is 1. The molecule has 1 aromatic rings. The summed E-state index contributed by atoms with van der Waals surface area (Å²) in [5.74, 6) is 0.394. The minimum atomic E-state index is 0.227. The summed E-state index contributed by atoms with van der Waals surface area (Å²) >= 11 is 1.24. The van der Waals surface area contributed by atoms with Crippen LogP contribution >= 0.6 is 11.8 Å². The van der Waals surface area contributed by atoms with E-state index in [1.807, 2.05) is 24.3 Å². The first-order chi connectivity index (χ1) is 6.75. The lowest BCUT2D eigenvalue weighted by molar-refractivity contribution is 1.30. The molecular formula is C9H8N4S. The predicted octanol–water partition coefficient (Wildman–Crippen LogP) is 1.46. The fraction of sp³-hybridized carbons (Fsp3) is 0. The van der Waals surface area contributed by atoms with Crippen molar-refractivity contribution < 1.29 is 0 Å². The molecule has 0 amide bonds. The number of thioether (sulfide) groups is 1. The average molecular weight is 204 g/mol. The highest BCUT2D eigenvalue weighted by Crippen LogP contribution is 2.25. The minimum Gasteiger partial charge on any atom is -0.383 e. The molecule has 1 aromatic heterocycles. The first kappa shape index (κ1) is 8.96. The second-order valence-electron chi connectivity index (χ2n) is 2.67. The molecule has 1 aliphatic heterocycles. The minimum absolute atomic E-state index is 0.227. The average Bonchev–Trinajstić information content (AvgIpc) is 2.47. The van der Waals surface area contributed by atoms with E-state index in [4.69, 9.17) is 11.1 Å². The van der Waals surface area contributed by atoms with E-state index in [0.717, 1.165) is 10.6 Å². The normalized spacial score (nSPS) is 18.7. The van der Waals surface area contributed by atoms with Gasteiger partial charge in [-0.3, -0.25) is 10.4 Å². The number of aromatic nitrogens is 1. The van der Waals surface area contributed by atoms with Gasteiger partial charge < -0.3 is 5.73 Å². The van der Waals surface area contributed by atoms with Crippen molar-refractivity contribution in [3.8, 4) is 0 Å². The molecular weight excluding hydrogens is 196 g/mol. The summed E-state index contributed by atoms with van der Waals surface area (Å²) in [4.78, 5) is 8.73. The van der Waals surface area contributed by atoms with Crippen LogP contribution in [0.15, 0.2) is 34.3 Å². The van der Waals surface area contributed by atoms with Crippen LogP contribution in [-0.4, -0.2) is 16.0 Å². The van der Waals surface area contributed by atoms with Crippen LogP contribution in [0.5, 0.6) is 0 Å². The van der Waals surface area contributed by atoms with Crippen LogP contribution in [0.25, 0.3) is 6.08 Å². The summed E-state index contributed by atoms with van der Waals surface area (Å²) < 4.78 is 0. The number of amidine groups is 2. The Morgan fingerprint density at radius 3 is 2.86 bits per heavy atom. The zero-order valence-electron chi connectivity index (χ0n) is 7.27. The third-order valence-corrected chi connectivity index (χ3v) is 2.48. The highest BCUT2D eigenvalue weighted by Gasteiger charge is 2.15. The zero-order chi connectivity index (χ0) is 9.97. The fourth-order valence-corrected chi connectivity index (χ4v) is 1.73. The van der Waals surface area contributed by atoms with Gasteiger partial charge in [-0.05, 0) is 30.0 Å². The molecule has 0 atom stereocenters. The van der Waals surface area contributed by atoms with Crippen molar-refractivity contribution in [2.75, 3.05) is 0 Å². The van der Waals surface area contributed by atoms with Gasteiger partial charge in [0.15, 0.2) is 5.17 Å². The van der Waals surface area contributed by atoms with E-state index in [0.29, 0.717) is 5.84 Å². The molecule has 14 heavy (non-hydrogen) atoms. The Balaban J connectivity index is 2.29. The van der Waals surface area contributed by atoms with E-state index in [1.165, 1.54) is 11.8 Å². The first-order valence-corrected chi connectivity index (χ1v) is 4.81. The molecule has 1 aliphatic rings. The van der Waals surface area contributed by atoms with Crippen LogP contribution in [-0.2, 0) is 0 Å². The van der Waals surface area contributed by atoms with Crippen LogP contribution < -0.4 is 5.73 Å². The van der Waals surface area contributed by atoms with Crippen molar-refractivity contribution in [2.24, 2.45) is 10.7 Å². The third-order valence-electron chi connectivity index (χ3n) is 1.65. The molecule has 2 rings (SSSR count). The number of nitrogens with two attached hydrogens (primary N) is 1. The van der Waals surface area contributed by atoms with E-state index in [-0.39, 0.29) is 5.17 Å². The maximum atomic E-state index is 7.31. The van der Waals surface area contributed by atoms with Gasteiger partial charge in [0, 0.05) is 6.20 Å². The lowest BCUT2D eigenvalue weighted by Crippen LogP contribution is -2.08. The molecule has 0 fully saturated rings. The highest BCUT2D eigenvalue weighted by atomic mass is 32.2. The molecule has 70 valence electrons. The van der Waals surface area contributed by atoms with Crippen LogP contribution in [0.3, 0.4) is 0 Å². The number of aliphatic imine (C=N–C) groups is 1. The van der Waals surface area contributed by atoms with Gasteiger partial charge in [-0.25, -0.2) is 4.99 Å². The number of nitrogens with zero attached hydrogens (tertiary/aromatic N) is 2. The quantitative estimate of drug-likeness (QED) is 0.727. The van der Waals surface area contributed by atoms with Crippen LogP contribution in [0.2, 0.25) is 0 Å².